The Morgan fingerprint density at radius 1 is 1.40 bits per heavy atom. The second-order valence-corrected chi connectivity index (χ2v) is 3.62. The third kappa shape index (κ3) is 2.86. The maximum absolute atomic E-state index is 5.61. The van der Waals surface area contributed by atoms with E-state index in [1.54, 1.807) is 0 Å². The largest absolute Gasteiger partial charge is 0.494 e. The van der Waals surface area contributed by atoms with Gasteiger partial charge in [-0.3, -0.25) is 0 Å². The summed E-state index contributed by atoms with van der Waals surface area (Å²) in [5, 5.41) is 3.49. The molecule has 0 amide bonds. The van der Waals surface area contributed by atoms with Crippen molar-refractivity contribution in [1.82, 2.24) is 5.32 Å². The summed E-state index contributed by atoms with van der Waals surface area (Å²) < 4.78 is 5.61. The first-order chi connectivity index (χ1) is 6.92. The van der Waals surface area contributed by atoms with E-state index in [0.29, 0.717) is 6.04 Å². The van der Waals surface area contributed by atoms with Crippen LogP contribution in [0.1, 0.15) is 31.4 Å². The predicted octanol–water partition coefficient (Wildman–Crippen LogP) is 2.93. The van der Waals surface area contributed by atoms with Crippen molar-refractivity contribution < 1.29 is 4.74 Å². The van der Waals surface area contributed by atoms with E-state index < -0.39 is 0 Å². The van der Waals surface area contributed by atoms with Crippen LogP contribution in [0.25, 0.3) is 0 Å². The molecule has 1 fully saturated rings. The average molecular weight is 228 g/mol. The molecule has 0 bridgehead atoms. The lowest BCUT2D eigenvalue weighted by molar-refractivity contribution is 0.333. The number of benzene rings is 1. The van der Waals surface area contributed by atoms with Gasteiger partial charge in [0.2, 0.25) is 0 Å². The second-order valence-electron chi connectivity index (χ2n) is 3.62. The minimum Gasteiger partial charge on any atom is -0.494 e. The average Bonchev–Trinajstić information content (AvgIpc) is 2.72. The molecular formula is C12H18ClNO. The molecule has 0 spiro atoms. The summed E-state index contributed by atoms with van der Waals surface area (Å²) >= 11 is 0. The van der Waals surface area contributed by atoms with Gasteiger partial charge >= 0.3 is 0 Å². The number of halogens is 1. The summed E-state index contributed by atoms with van der Waals surface area (Å²) in [6.45, 7) is 3.90. The molecule has 2 rings (SSSR count). The molecule has 1 saturated heterocycles. The Morgan fingerprint density at radius 2 is 2.20 bits per heavy atom. The van der Waals surface area contributed by atoms with Gasteiger partial charge < -0.3 is 10.1 Å². The molecule has 0 aliphatic carbocycles. The van der Waals surface area contributed by atoms with Crippen molar-refractivity contribution in [2.45, 2.75) is 25.8 Å². The first kappa shape index (κ1) is 12.3. The summed E-state index contributed by atoms with van der Waals surface area (Å²) in [7, 11) is 0. The number of nitrogens with one attached hydrogen (secondary N) is 1. The van der Waals surface area contributed by atoms with E-state index >= 15 is 0 Å². The number of rotatable bonds is 3. The fourth-order valence-electron chi connectivity index (χ4n) is 2.01. The first-order valence-corrected chi connectivity index (χ1v) is 5.37. The van der Waals surface area contributed by atoms with Gasteiger partial charge in [-0.1, -0.05) is 18.2 Å². The summed E-state index contributed by atoms with van der Waals surface area (Å²) in [6, 6.07) is 8.83. The molecule has 0 aromatic heterocycles. The molecular weight excluding hydrogens is 210 g/mol. The van der Waals surface area contributed by atoms with Gasteiger partial charge in [0.1, 0.15) is 5.75 Å². The van der Waals surface area contributed by atoms with Gasteiger partial charge in [-0.2, -0.15) is 0 Å². The van der Waals surface area contributed by atoms with Gasteiger partial charge in [-0.25, -0.2) is 0 Å². The molecule has 1 heterocycles. The maximum Gasteiger partial charge on any atom is 0.124 e. The van der Waals surface area contributed by atoms with Crippen LogP contribution in [0.4, 0.5) is 0 Å². The Balaban J connectivity index is 0.00000112. The van der Waals surface area contributed by atoms with Crippen molar-refractivity contribution in [3.05, 3.63) is 29.8 Å². The monoisotopic (exact) mass is 227 g/mol. The quantitative estimate of drug-likeness (QED) is 0.858. The number of hydrogen-bond acceptors (Lipinski definition) is 2. The third-order valence-corrected chi connectivity index (χ3v) is 2.65. The van der Waals surface area contributed by atoms with Crippen LogP contribution in [0.3, 0.4) is 0 Å². The highest BCUT2D eigenvalue weighted by Gasteiger charge is 2.19. The zero-order chi connectivity index (χ0) is 9.80. The third-order valence-electron chi connectivity index (χ3n) is 2.65. The van der Waals surface area contributed by atoms with Crippen molar-refractivity contribution in [3.63, 3.8) is 0 Å². The standard InChI is InChI=1S/C12H17NO.ClH/c1-2-14-12-8-4-3-6-10(12)11-7-5-9-13-11;/h3-4,6,8,11,13H,2,5,7,9H2,1H3;1H. The van der Waals surface area contributed by atoms with Crippen LogP contribution < -0.4 is 10.1 Å². The molecule has 1 aromatic rings. The van der Waals surface area contributed by atoms with Crippen LogP contribution in [-0.4, -0.2) is 13.2 Å². The predicted molar refractivity (Wildman–Crippen MR) is 64.8 cm³/mol. The van der Waals surface area contributed by atoms with Gasteiger partial charge in [-0.05, 0) is 32.4 Å². The SMILES string of the molecule is CCOc1ccccc1C1CCCN1.Cl. The minimum atomic E-state index is 0. The van der Waals surface area contributed by atoms with E-state index in [-0.39, 0.29) is 12.4 Å². The summed E-state index contributed by atoms with van der Waals surface area (Å²) in [5.41, 5.74) is 1.31. The molecule has 1 unspecified atom stereocenters. The van der Waals surface area contributed by atoms with Crippen molar-refractivity contribution in [2.75, 3.05) is 13.2 Å². The lowest BCUT2D eigenvalue weighted by Crippen LogP contribution is -2.14. The van der Waals surface area contributed by atoms with Crippen LogP contribution in [0, 0.1) is 0 Å². The molecule has 2 nitrogen and oxygen atoms in total. The van der Waals surface area contributed by atoms with E-state index in [1.807, 2.05) is 13.0 Å². The van der Waals surface area contributed by atoms with E-state index in [1.165, 1.54) is 18.4 Å². The zero-order valence-corrected chi connectivity index (χ0v) is 9.85. The van der Waals surface area contributed by atoms with Crippen molar-refractivity contribution >= 4 is 12.4 Å². The van der Waals surface area contributed by atoms with E-state index in [4.69, 9.17) is 4.74 Å². The molecule has 1 aromatic carbocycles. The number of para-hydroxylation sites is 1. The van der Waals surface area contributed by atoms with E-state index in [2.05, 4.69) is 23.5 Å². The van der Waals surface area contributed by atoms with Gasteiger partial charge in [-0.15, -0.1) is 12.4 Å². The normalized spacial score (nSPS) is 19.7. The first-order valence-electron chi connectivity index (χ1n) is 5.37. The Kier molecular flexibility index (Phi) is 4.92. The van der Waals surface area contributed by atoms with Crippen molar-refractivity contribution in [1.29, 1.82) is 0 Å². The highest BCUT2D eigenvalue weighted by atomic mass is 35.5. The van der Waals surface area contributed by atoms with Crippen LogP contribution in [0.15, 0.2) is 24.3 Å². The number of ether oxygens (including phenoxy) is 1. The summed E-state index contributed by atoms with van der Waals surface area (Å²) in [5.74, 6) is 1.04. The van der Waals surface area contributed by atoms with Crippen molar-refractivity contribution in [3.8, 4) is 5.75 Å². The van der Waals surface area contributed by atoms with Crippen LogP contribution >= 0.6 is 12.4 Å². The second kappa shape index (κ2) is 5.99. The molecule has 1 N–H and O–H groups in total. The van der Waals surface area contributed by atoms with Gasteiger partial charge in [0.05, 0.1) is 6.61 Å². The fourth-order valence-corrected chi connectivity index (χ4v) is 2.01. The van der Waals surface area contributed by atoms with Crippen LogP contribution in [0.5, 0.6) is 5.75 Å². The topological polar surface area (TPSA) is 21.3 Å². The highest BCUT2D eigenvalue weighted by molar-refractivity contribution is 5.85. The molecule has 84 valence electrons. The van der Waals surface area contributed by atoms with Crippen LogP contribution in [-0.2, 0) is 0 Å². The van der Waals surface area contributed by atoms with E-state index in [0.717, 1.165) is 18.9 Å². The molecule has 1 aliphatic heterocycles. The van der Waals surface area contributed by atoms with E-state index in [9.17, 15) is 0 Å². The smallest absolute Gasteiger partial charge is 0.124 e. The lowest BCUT2D eigenvalue weighted by Gasteiger charge is -2.15. The molecule has 0 radical (unpaired) electrons. The molecule has 1 aliphatic rings. The Labute approximate surface area is 97.4 Å². The lowest BCUT2D eigenvalue weighted by atomic mass is 10.0. The van der Waals surface area contributed by atoms with Gasteiger partial charge in [0.15, 0.2) is 0 Å². The summed E-state index contributed by atoms with van der Waals surface area (Å²) in [6.07, 6.45) is 2.50. The molecule has 1 atom stereocenters. The van der Waals surface area contributed by atoms with Gasteiger partial charge in [0, 0.05) is 11.6 Å². The van der Waals surface area contributed by atoms with Crippen LogP contribution in [0.2, 0.25) is 0 Å². The Morgan fingerprint density at radius 3 is 2.87 bits per heavy atom. The Hall–Kier alpha value is -0.730. The fraction of sp³-hybridized carbons (Fsp3) is 0.500. The summed E-state index contributed by atoms with van der Waals surface area (Å²) in [4.78, 5) is 0. The highest BCUT2D eigenvalue weighted by Crippen LogP contribution is 2.30. The maximum atomic E-state index is 5.61. The molecule has 3 heteroatoms. The molecule has 0 saturated carbocycles. The molecule has 15 heavy (non-hydrogen) atoms. The minimum absolute atomic E-state index is 0. The zero-order valence-electron chi connectivity index (χ0n) is 9.03. The van der Waals surface area contributed by atoms with Gasteiger partial charge in [0.25, 0.3) is 0 Å². The number of hydrogen-bond donors (Lipinski definition) is 1. The Bertz CT molecular complexity index is 297. The van der Waals surface area contributed by atoms with Crippen molar-refractivity contribution in [2.24, 2.45) is 0 Å².